The number of carbonyl (C=O) groups excluding carboxylic acids is 1. The van der Waals surface area contributed by atoms with E-state index in [0.29, 0.717) is 10.9 Å². The molecule has 7 heteroatoms. The Kier molecular flexibility index (Phi) is 6.25. The molecule has 0 saturated carbocycles. The van der Waals surface area contributed by atoms with Crippen molar-refractivity contribution in [3.05, 3.63) is 47.2 Å². The van der Waals surface area contributed by atoms with Gasteiger partial charge >= 0.3 is 0 Å². The lowest BCUT2D eigenvalue weighted by atomic mass is 9.98. The molecule has 0 unspecified atom stereocenters. The zero-order valence-electron chi connectivity index (χ0n) is 17.1. The first-order valence-corrected chi connectivity index (χ1v) is 11.3. The van der Waals surface area contributed by atoms with Crippen LogP contribution in [0.25, 0.3) is 0 Å². The molecule has 2 aromatic rings. The molecule has 154 valence electrons. The molecular weight excluding hydrogens is 382 g/mol. The number of aromatic nitrogens is 2. The van der Waals surface area contributed by atoms with Gasteiger partial charge in [0.05, 0.1) is 6.20 Å². The maximum Gasteiger partial charge on any atom is 0.267 e. The molecular formula is C22H29N5OS. The molecule has 0 bridgehead atoms. The number of aryl methyl sites for hydroxylation is 1. The van der Waals surface area contributed by atoms with Gasteiger partial charge in [0.1, 0.15) is 4.88 Å². The maximum atomic E-state index is 12.6. The highest BCUT2D eigenvalue weighted by Crippen LogP contribution is 2.29. The average molecular weight is 412 g/mol. The highest BCUT2D eigenvalue weighted by atomic mass is 32.1. The van der Waals surface area contributed by atoms with Crippen LogP contribution in [-0.2, 0) is 6.42 Å². The largest absolute Gasteiger partial charge is 0.348 e. The van der Waals surface area contributed by atoms with Gasteiger partial charge in [-0.15, -0.1) is 0 Å². The fourth-order valence-corrected chi connectivity index (χ4v) is 5.03. The Morgan fingerprint density at radius 2 is 2.14 bits per heavy atom. The minimum atomic E-state index is -0.108. The molecule has 0 aliphatic carbocycles. The van der Waals surface area contributed by atoms with E-state index in [2.05, 4.69) is 31.7 Å². The zero-order valence-corrected chi connectivity index (χ0v) is 17.9. The number of anilines is 2. The summed E-state index contributed by atoms with van der Waals surface area (Å²) in [5, 5.41) is 3.91. The van der Waals surface area contributed by atoms with Crippen molar-refractivity contribution in [2.75, 3.05) is 36.4 Å². The Balaban J connectivity index is 1.33. The van der Waals surface area contributed by atoms with Crippen LogP contribution in [0.15, 0.2) is 36.7 Å². The van der Waals surface area contributed by atoms with Crippen LogP contribution in [-0.4, -0.2) is 53.0 Å². The maximum absolute atomic E-state index is 12.6. The van der Waals surface area contributed by atoms with E-state index in [0.717, 1.165) is 55.4 Å². The third-order valence-corrected chi connectivity index (χ3v) is 6.86. The number of nitrogens with one attached hydrogen (secondary N) is 1. The fourth-order valence-electron chi connectivity index (χ4n) is 4.17. The number of nitrogens with zero attached hydrogens (tertiary/aromatic N) is 4. The second kappa shape index (κ2) is 9.05. The first-order chi connectivity index (χ1) is 14.1. The summed E-state index contributed by atoms with van der Waals surface area (Å²) in [4.78, 5) is 27.0. The number of piperidine rings is 2. The zero-order chi connectivity index (χ0) is 20.2. The molecule has 4 rings (SSSR count). The van der Waals surface area contributed by atoms with Gasteiger partial charge in [-0.2, -0.15) is 0 Å². The number of pyridine rings is 1. The standard InChI is InChI=1S/C22H29N5OS/c1-3-17-13-18(6-9-23-17)25-21(28)20-14-24-22(29-20)26-11-7-19(8-12-26)27-10-4-5-16(2)15-27/h6,9,13-14,19H,2-5,7-8,10-12,15H2,1H3,(H,23,25,28). The number of thiazole rings is 1. The van der Waals surface area contributed by atoms with Gasteiger partial charge < -0.3 is 10.2 Å². The Hall–Kier alpha value is -2.25. The van der Waals surface area contributed by atoms with E-state index < -0.39 is 0 Å². The van der Waals surface area contributed by atoms with Gasteiger partial charge in [0, 0.05) is 43.3 Å². The number of hydrogen-bond acceptors (Lipinski definition) is 6. The summed E-state index contributed by atoms with van der Waals surface area (Å²) >= 11 is 1.47. The fraction of sp³-hybridized carbons (Fsp3) is 0.500. The molecule has 4 heterocycles. The minimum Gasteiger partial charge on any atom is -0.348 e. The van der Waals surface area contributed by atoms with Crippen LogP contribution in [0, 0.1) is 0 Å². The van der Waals surface area contributed by atoms with Crippen molar-refractivity contribution in [2.24, 2.45) is 0 Å². The summed E-state index contributed by atoms with van der Waals surface area (Å²) in [5.74, 6) is -0.108. The molecule has 2 aliphatic rings. The highest BCUT2D eigenvalue weighted by Gasteiger charge is 2.27. The van der Waals surface area contributed by atoms with Gasteiger partial charge in [-0.25, -0.2) is 4.98 Å². The summed E-state index contributed by atoms with van der Waals surface area (Å²) in [6.45, 7) is 10.5. The van der Waals surface area contributed by atoms with E-state index in [1.807, 2.05) is 19.1 Å². The van der Waals surface area contributed by atoms with Crippen LogP contribution in [0.4, 0.5) is 10.8 Å². The van der Waals surface area contributed by atoms with Crippen molar-refractivity contribution < 1.29 is 4.79 Å². The second-order valence-corrected chi connectivity index (χ2v) is 8.90. The Morgan fingerprint density at radius 3 is 2.90 bits per heavy atom. The van der Waals surface area contributed by atoms with E-state index in [9.17, 15) is 4.79 Å². The van der Waals surface area contributed by atoms with Crippen molar-refractivity contribution >= 4 is 28.1 Å². The lowest BCUT2D eigenvalue weighted by Gasteiger charge is -2.40. The first-order valence-electron chi connectivity index (χ1n) is 10.5. The molecule has 0 atom stereocenters. The van der Waals surface area contributed by atoms with Crippen LogP contribution in [0.1, 0.15) is 48.0 Å². The molecule has 1 amide bonds. The van der Waals surface area contributed by atoms with Crippen molar-refractivity contribution in [1.29, 1.82) is 0 Å². The van der Waals surface area contributed by atoms with Gasteiger partial charge in [0.2, 0.25) is 0 Å². The van der Waals surface area contributed by atoms with E-state index in [-0.39, 0.29) is 5.91 Å². The molecule has 2 saturated heterocycles. The van der Waals surface area contributed by atoms with Crippen LogP contribution in [0.5, 0.6) is 0 Å². The Labute approximate surface area is 176 Å². The molecule has 0 spiro atoms. The van der Waals surface area contributed by atoms with Crippen molar-refractivity contribution in [3.63, 3.8) is 0 Å². The summed E-state index contributed by atoms with van der Waals surface area (Å²) in [5.41, 5.74) is 3.11. The van der Waals surface area contributed by atoms with Crippen LogP contribution >= 0.6 is 11.3 Å². The van der Waals surface area contributed by atoms with Crippen LogP contribution in [0.2, 0.25) is 0 Å². The second-order valence-electron chi connectivity index (χ2n) is 7.89. The van der Waals surface area contributed by atoms with E-state index in [1.165, 1.54) is 36.3 Å². The predicted octanol–water partition coefficient (Wildman–Crippen LogP) is 3.97. The van der Waals surface area contributed by atoms with Gasteiger partial charge in [0.15, 0.2) is 5.13 Å². The molecule has 1 N–H and O–H groups in total. The lowest BCUT2D eigenvalue weighted by Crippen LogP contribution is -2.47. The summed E-state index contributed by atoms with van der Waals surface area (Å²) < 4.78 is 0. The Bertz CT molecular complexity index is 872. The normalized spacial score (nSPS) is 18.8. The highest BCUT2D eigenvalue weighted by molar-refractivity contribution is 7.17. The minimum absolute atomic E-state index is 0.108. The third-order valence-electron chi connectivity index (χ3n) is 5.81. The van der Waals surface area contributed by atoms with Gasteiger partial charge in [0.25, 0.3) is 5.91 Å². The predicted molar refractivity (Wildman–Crippen MR) is 119 cm³/mol. The lowest BCUT2D eigenvalue weighted by molar-refractivity contribution is 0.103. The van der Waals surface area contributed by atoms with Gasteiger partial charge in [-0.05, 0) is 50.8 Å². The van der Waals surface area contributed by atoms with Crippen LogP contribution < -0.4 is 10.2 Å². The molecule has 2 aromatic heterocycles. The van der Waals surface area contributed by atoms with Gasteiger partial charge in [-0.1, -0.05) is 30.4 Å². The monoisotopic (exact) mass is 411 g/mol. The molecule has 6 nitrogen and oxygen atoms in total. The van der Waals surface area contributed by atoms with Crippen LogP contribution in [0.3, 0.4) is 0 Å². The molecule has 0 aromatic carbocycles. The van der Waals surface area contributed by atoms with E-state index >= 15 is 0 Å². The number of likely N-dealkylation sites (tertiary alicyclic amines) is 1. The topological polar surface area (TPSA) is 61.4 Å². The SMILES string of the molecule is C=C1CCCN(C2CCN(c3ncc(C(=O)Nc4ccnc(CC)c4)s3)CC2)C1. The molecule has 2 aliphatic heterocycles. The van der Waals surface area contributed by atoms with Crippen molar-refractivity contribution in [3.8, 4) is 0 Å². The number of hydrogen-bond donors (Lipinski definition) is 1. The summed E-state index contributed by atoms with van der Waals surface area (Å²) in [6, 6.07) is 4.38. The first kappa shape index (κ1) is 20.0. The molecule has 2 fully saturated rings. The molecule has 0 radical (unpaired) electrons. The van der Waals surface area contributed by atoms with Crippen molar-refractivity contribution in [1.82, 2.24) is 14.9 Å². The third kappa shape index (κ3) is 4.85. The smallest absolute Gasteiger partial charge is 0.267 e. The number of carbonyl (C=O) groups is 1. The number of rotatable bonds is 5. The van der Waals surface area contributed by atoms with E-state index in [4.69, 9.17) is 0 Å². The summed E-state index contributed by atoms with van der Waals surface area (Å²) in [6.07, 6.45) is 8.97. The Morgan fingerprint density at radius 1 is 1.31 bits per heavy atom. The van der Waals surface area contributed by atoms with E-state index in [1.54, 1.807) is 12.4 Å². The van der Waals surface area contributed by atoms with Crippen molar-refractivity contribution in [2.45, 2.75) is 45.1 Å². The quantitative estimate of drug-likeness (QED) is 0.754. The van der Waals surface area contributed by atoms with Gasteiger partial charge in [-0.3, -0.25) is 14.7 Å². The summed E-state index contributed by atoms with van der Waals surface area (Å²) in [7, 11) is 0. The average Bonchev–Trinajstić information content (AvgIpc) is 3.24. The number of amides is 1. The molecule has 29 heavy (non-hydrogen) atoms.